The van der Waals surface area contributed by atoms with Crippen molar-refractivity contribution in [1.82, 2.24) is 5.32 Å². The Bertz CT molecular complexity index is 215. The van der Waals surface area contributed by atoms with Crippen LogP contribution in [0.2, 0.25) is 0 Å². The smallest absolute Gasteiger partial charge is 0.223 e. The Balaban J connectivity index is 2.26. The van der Waals surface area contributed by atoms with E-state index in [2.05, 4.69) is 19.2 Å². The number of halogens is 1. The summed E-state index contributed by atoms with van der Waals surface area (Å²) in [5.74, 6) is 3.23. The SMILES string of the molecule is CC(C)(CCCl)CNC(=O)C1CCSC1. The molecule has 1 aliphatic heterocycles. The molecule has 0 saturated carbocycles. The van der Waals surface area contributed by atoms with Gasteiger partial charge in [0.05, 0.1) is 0 Å². The summed E-state index contributed by atoms with van der Waals surface area (Å²) >= 11 is 7.58. The van der Waals surface area contributed by atoms with Crippen molar-refractivity contribution in [3.63, 3.8) is 0 Å². The van der Waals surface area contributed by atoms with E-state index in [-0.39, 0.29) is 17.2 Å². The van der Waals surface area contributed by atoms with Crippen molar-refractivity contribution in [2.75, 3.05) is 23.9 Å². The average molecular weight is 250 g/mol. The van der Waals surface area contributed by atoms with Gasteiger partial charge in [-0.25, -0.2) is 0 Å². The van der Waals surface area contributed by atoms with Crippen molar-refractivity contribution in [3.05, 3.63) is 0 Å². The fraction of sp³-hybridized carbons (Fsp3) is 0.909. The summed E-state index contributed by atoms with van der Waals surface area (Å²) < 4.78 is 0. The van der Waals surface area contributed by atoms with Crippen LogP contribution in [0.5, 0.6) is 0 Å². The van der Waals surface area contributed by atoms with Gasteiger partial charge in [0.15, 0.2) is 0 Å². The number of thioether (sulfide) groups is 1. The van der Waals surface area contributed by atoms with Gasteiger partial charge in [0.1, 0.15) is 0 Å². The van der Waals surface area contributed by atoms with Gasteiger partial charge in [-0.3, -0.25) is 4.79 Å². The quantitative estimate of drug-likeness (QED) is 0.759. The van der Waals surface area contributed by atoms with E-state index in [1.54, 1.807) is 0 Å². The number of nitrogens with one attached hydrogen (secondary N) is 1. The molecule has 4 heteroatoms. The molecule has 1 atom stereocenters. The van der Waals surface area contributed by atoms with Crippen LogP contribution in [-0.4, -0.2) is 29.8 Å². The molecule has 0 bridgehead atoms. The fourth-order valence-corrected chi connectivity index (χ4v) is 3.29. The van der Waals surface area contributed by atoms with Gasteiger partial charge in [0.25, 0.3) is 0 Å². The molecule has 0 aromatic heterocycles. The third kappa shape index (κ3) is 4.64. The van der Waals surface area contributed by atoms with Crippen molar-refractivity contribution >= 4 is 29.3 Å². The largest absolute Gasteiger partial charge is 0.355 e. The zero-order valence-electron chi connectivity index (χ0n) is 9.51. The van der Waals surface area contributed by atoms with E-state index in [1.165, 1.54) is 0 Å². The lowest BCUT2D eigenvalue weighted by molar-refractivity contribution is -0.124. The number of hydrogen-bond acceptors (Lipinski definition) is 2. The van der Waals surface area contributed by atoms with Gasteiger partial charge in [0.2, 0.25) is 5.91 Å². The van der Waals surface area contributed by atoms with Crippen LogP contribution in [0.15, 0.2) is 0 Å². The maximum absolute atomic E-state index is 11.7. The van der Waals surface area contributed by atoms with E-state index < -0.39 is 0 Å². The number of amides is 1. The Labute approximate surface area is 102 Å². The summed E-state index contributed by atoms with van der Waals surface area (Å²) in [6.45, 7) is 5.01. The number of alkyl halides is 1. The molecular formula is C11H20ClNOS. The Morgan fingerprint density at radius 1 is 1.60 bits per heavy atom. The van der Waals surface area contributed by atoms with E-state index in [9.17, 15) is 4.79 Å². The molecule has 0 aromatic rings. The first-order valence-corrected chi connectivity index (χ1v) is 7.15. The predicted octanol–water partition coefficient (Wildman–Crippen LogP) is 2.51. The van der Waals surface area contributed by atoms with E-state index >= 15 is 0 Å². The summed E-state index contributed by atoms with van der Waals surface area (Å²) in [4.78, 5) is 11.7. The van der Waals surface area contributed by atoms with E-state index in [0.717, 1.165) is 30.9 Å². The van der Waals surface area contributed by atoms with E-state index in [4.69, 9.17) is 11.6 Å². The maximum atomic E-state index is 11.7. The van der Waals surface area contributed by atoms with Gasteiger partial charge < -0.3 is 5.32 Å². The Morgan fingerprint density at radius 2 is 2.33 bits per heavy atom. The zero-order valence-corrected chi connectivity index (χ0v) is 11.1. The molecule has 0 aliphatic carbocycles. The average Bonchev–Trinajstić information content (AvgIpc) is 2.67. The lowest BCUT2D eigenvalue weighted by Gasteiger charge is -2.24. The standard InChI is InChI=1S/C11H20ClNOS/c1-11(2,4-5-12)8-13-10(14)9-3-6-15-7-9/h9H,3-8H2,1-2H3,(H,13,14). The molecule has 1 N–H and O–H groups in total. The summed E-state index contributed by atoms with van der Waals surface area (Å²) in [6, 6.07) is 0. The second-order valence-electron chi connectivity index (χ2n) is 4.88. The Kier molecular flexibility index (Phi) is 5.27. The highest BCUT2D eigenvalue weighted by Gasteiger charge is 2.25. The van der Waals surface area contributed by atoms with Crippen molar-refractivity contribution in [2.45, 2.75) is 26.7 Å². The lowest BCUT2D eigenvalue weighted by atomic mass is 9.90. The minimum atomic E-state index is 0.114. The monoisotopic (exact) mass is 249 g/mol. The van der Waals surface area contributed by atoms with Crippen LogP contribution < -0.4 is 5.32 Å². The van der Waals surface area contributed by atoms with Crippen molar-refractivity contribution in [1.29, 1.82) is 0 Å². The molecule has 1 amide bonds. The van der Waals surface area contributed by atoms with Crippen LogP contribution >= 0.6 is 23.4 Å². The zero-order chi connectivity index (χ0) is 11.3. The highest BCUT2D eigenvalue weighted by Crippen LogP contribution is 2.24. The lowest BCUT2D eigenvalue weighted by Crippen LogP contribution is -2.37. The third-order valence-electron chi connectivity index (χ3n) is 2.81. The summed E-state index contributed by atoms with van der Waals surface area (Å²) in [7, 11) is 0. The predicted molar refractivity (Wildman–Crippen MR) is 67.6 cm³/mol. The van der Waals surface area contributed by atoms with Crippen LogP contribution in [0.3, 0.4) is 0 Å². The highest BCUT2D eigenvalue weighted by molar-refractivity contribution is 7.99. The molecule has 0 spiro atoms. The second kappa shape index (κ2) is 6.00. The molecule has 1 aliphatic rings. The first-order chi connectivity index (χ1) is 7.05. The third-order valence-corrected chi connectivity index (χ3v) is 4.16. The van der Waals surface area contributed by atoms with Crippen LogP contribution in [-0.2, 0) is 4.79 Å². The Hall–Kier alpha value is 0.110. The van der Waals surface area contributed by atoms with E-state index in [1.807, 2.05) is 11.8 Å². The molecule has 88 valence electrons. The molecule has 1 fully saturated rings. The van der Waals surface area contributed by atoms with Gasteiger partial charge in [-0.1, -0.05) is 13.8 Å². The normalized spacial score (nSPS) is 21.7. The first kappa shape index (κ1) is 13.2. The summed E-state index contributed by atoms with van der Waals surface area (Å²) in [5, 5.41) is 3.04. The number of carbonyl (C=O) groups excluding carboxylic acids is 1. The molecule has 0 radical (unpaired) electrons. The molecule has 1 unspecified atom stereocenters. The van der Waals surface area contributed by atoms with Gasteiger partial charge in [-0.2, -0.15) is 11.8 Å². The van der Waals surface area contributed by atoms with E-state index in [0.29, 0.717) is 5.88 Å². The topological polar surface area (TPSA) is 29.1 Å². The molecule has 15 heavy (non-hydrogen) atoms. The molecule has 1 saturated heterocycles. The minimum Gasteiger partial charge on any atom is -0.355 e. The van der Waals surface area contributed by atoms with Crippen molar-refractivity contribution < 1.29 is 4.79 Å². The molecule has 2 nitrogen and oxygen atoms in total. The molecular weight excluding hydrogens is 230 g/mol. The van der Waals surface area contributed by atoms with Crippen molar-refractivity contribution in [2.24, 2.45) is 11.3 Å². The van der Waals surface area contributed by atoms with Gasteiger partial charge in [-0.05, 0) is 24.0 Å². The van der Waals surface area contributed by atoms with Gasteiger partial charge in [0, 0.05) is 24.1 Å². The van der Waals surface area contributed by atoms with Crippen LogP contribution in [0.25, 0.3) is 0 Å². The second-order valence-corrected chi connectivity index (χ2v) is 6.41. The van der Waals surface area contributed by atoms with Crippen LogP contribution in [0.1, 0.15) is 26.7 Å². The molecule has 0 aromatic carbocycles. The number of carbonyl (C=O) groups is 1. The first-order valence-electron chi connectivity index (χ1n) is 5.46. The minimum absolute atomic E-state index is 0.114. The summed E-state index contributed by atoms with van der Waals surface area (Å²) in [6.07, 6.45) is 1.97. The van der Waals surface area contributed by atoms with Crippen LogP contribution in [0.4, 0.5) is 0 Å². The van der Waals surface area contributed by atoms with Gasteiger partial charge in [-0.15, -0.1) is 11.6 Å². The Morgan fingerprint density at radius 3 is 2.87 bits per heavy atom. The van der Waals surface area contributed by atoms with Crippen LogP contribution in [0, 0.1) is 11.3 Å². The maximum Gasteiger partial charge on any atom is 0.223 e. The van der Waals surface area contributed by atoms with Crippen molar-refractivity contribution in [3.8, 4) is 0 Å². The number of rotatable bonds is 5. The molecule has 1 rings (SSSR count). The molecule has 1 heterocycles. The summed E-state index contributed by atoms with van der Waals surface area (Å²) in [5.41, 5.74) is 0.114. The number of hydrogen-bond donors (Lipinski definition) is 1. The fourth-order valence-electron chi connectivity index (χ4n) is 1.56. The van der Waals surface area contributed by atoms with Gasteiger partial charge >= 0.3 is 0 Å². The highest BCUT2D eigenvalue weighted by atomic mass is 35.5.